The predicted octanol–water partition coefficient (Wildman–Crippen LogP) is 4.02. The largest absolute Gasteiger partial charge is 0.450 e. The number of piperazine rings is 1. The molecule has 0 saturated carbocycles. The highest BCUT2D eigenvalue weighted by Gasteiger charge is 2.25. The molecule has 0 spiro atoms. The van der Waals surface area contributed by atoms with Crippen molar-refractivity contribution in [3.05, 3.63) is 34.9 Å². The molecule has 1 aromatic rings. The fourth-order valence-corrected chi connectivity index (χ4v) is 3.10. The fraction of sp³-hybridized carbons (Fsp3) is 0.550. The number of unbranched alkanes of at least 4 members (excludes halogenated alkanes) is 1. The first-order chi connectivity index (χ1) is 12.1. The maximum absolute atomic E-state index is 11.8. The molecule has 4 nitrogen and oxygen atoms in total. The van der Waals surface area contributed by atoms with Crippen LogP contribution in [-0.2, 0) is 4.74 Å². The second-order valence-electron chi connectivity index (χ2n) is 6.16. The molecule has 1 aliphatic rings. The minimum absolute atomic E-state index is 0.211. The van der Waals surface area contributed by atoms with Gasteiger partial charge in [-0.3, -0.25) is 4.90 Å². The summed E-state index contributed by atoms with van der Waals surface area (Å²) in [5.41, 5.74) is 0.944. The molecule has 1 saturated heterocycles. The Bertz CT molecular complexity index is 616. The number of rotatable bonds is 5. The second-order valence-corrected chi connectivity index (χ2v) is 6.60. The molecule has 1 aromatic carbocycles. The molecule has 5 heteroatoms. The van der Waals surface area contributed by atoms with E-state index in [0.29, 0.717) is 24.7 Å². The van der Waals surface area contributed by atoms with E-state index in [1.165, 1.54) is 0 Å². The van der Waals surface area contributed by atoms with Crippen molar-refractivity contribution in [1.29, 1.82) is 0 Å². The topological polar surface area (TPSA) is 32.8 Å². The Morgan fingerprint density at radius 1 is 1.28 bits per heavy atom. The Morgan fingerprint density at radius 2 is 2.04 bits per heavy atom. The van der Waals surface area contributed by atoms with Crippen LogP contribution in [0.25, 0.3) is 0 Å². The van der Waals surface area contributed by atoms with Crippen molar-refractivity contribution in [2.75, 3.05) is 32.8 Å². The minimum atomic E-state index is -0.211. The molecule has 1 amide bonds. The van der Waals surface area contributed by atoms with Crippen LogP contribution in [0.3, 0.4) is 0 Å². The molecular formula is C20H27ClN2O2. The number of benzene rings is 1. The lowest BCUT2D eigenvalue weighted by atomic mass is 10.1. The smallest absolute Gasteiger partial charge is 0.409 e. The molecule has 1 unspecified atom stereocenters. The number of nitrogens with zero attached hydrogens (tertiary/aromatic N) is 2. The summed E-state index contributed by atoms with van der Waals surface area (Å²) in [6.45, 7) is 7.50. The molecule has 0 aliphatic carbocycles. The summed E-state index contributed by atoms with van der Waals surface area (Å²) >= 11 is 6.04. The van der Waals surface area contributed by atoms with Crippen molar-refractivity contribution in [3.63, 3.8) is 0 Å². The monoisotopic (exact) mass is 362 g/mol. The highest BCUT2D eigenvalue weighted by molar-refractivity contribution is 6.30. The molecule has 0 N–H and O–H groups in total. The maximum atomic E-state index is 11.8. The van der Waals surface area contributed by atoms with Crippen LogP contribution < -0.4 is 0 Å². The number of carbonyl (C=O) groups is 1. The van der Waals surface area contributed by atoms with Crippen LogP contribution in [-0.4, -0.2) is 54.7 Å². The highest BCUT2D eigenvalue weighted by atomic mass is 35.5. The lowest BCUT2D eigenvalue weighted by Crippen LogP contribution is -2.51. The number of halogens is 1. The van der Waals surface area contributed by atoms with Crippen molar-refractivity contribution in [3.8, 4) is 11.8 Å². The third-order valence-electron chi connectivity index (χ3n) is 4.32. The lowest BCUT2D eigenvalue weighted by Gasteiger charge is -2.37. The summed E-state index contributed by atoms with van der Waals surface area (Å²) in [6.07, 6.45) is 3.13. The number of hydrogen-bond donors (Lipinski definition) is 0. The highest BCUT2D eigenvalue weighted by Crippen LogP contribution is 2.14. The van der Waals surface area contributed by atoms with E-state index in [0.717, 1.165) is 37.9 Å². The van der Waals surface area contributed by atoms with Crippen molar-refractivity contribution >= 4 is 17.7 Å². The fourth-order valence-electron chi connectivity index (χ4n) is 2.91. The van der Waals surface area contributed by atoms with Gasteiger partial charge < -0.3 is 9.64 Å². The van der Waals surface area contributed by atoms with Crippen LogP contribution in [0.5, 0.6) is 0 Å². The molecule has 1 atom stereocenters. The molecule has 1 fully saturated rings. The zero-order valence-electron chi connectivity index (χ0n) is 15.1. The maximum Gasteiger partial charge on any atom is 0.409 e. The summed E-state index contributed by atoms with van der Waals surface area (Å²) in [7, 11) is 0. The molecular weight excluding hydrogens is 336 g/mol. The van der Waals surface area contributed by atoms with E-state index in [-0.39, 0.29) is 12.1 Å². The standard InChI is InChI=1S/C20H27ClN2O2/c1-3-5-9-19(11-10-17-7-6-8-18(21)16-17)22-12-14-23(15-13-22)20(24)25-4-2/h6-8,16,19H,3-5,9,12-15H2,1-2H3. The Hall–Kier alpha value is -1.70. The molecule has 1 heterocycles. The molecule has 1 aliphatic heterocycles. The summed E-state index contributed by atoms with van der Waals surface area (Å²) in [6, 6.07) is 7.86. The molecule has 0 radical (unpaired) electrons. The Balaban J connectivity index is 2.00. The van der Waals surface area contributed by atoms with Gasteiger partial charge in [0, 0.05) is 36.8 Å². The Morgan fingerprint density at radius 3 is 2.68 bits per heavy atom. The van der Waals surface area contributed by atoms with E-state index >= 15 is 0 Å². The minimum Gasteiger partial charge on any atom is -0.450 e. The van der Waals surface area contributed by atoms with Crippen LogP contribution in [0, 0.1) is 11.8 Å². The number of carbonyl (C=O) groups excluding carboxylic acids is 1. The van der Waals surface area contributed by atoms with Crippen molar-refractivity contribution in [2.24, 2.45) is 0 Å². The normalized spacial score (nSPS) is 16.0. The van der Waals surface area contributed by atoms with Crippen molar-refractivity contribution in [2.45, 2.75) is 39.2 Å². The van der Waals surface area contributed by atoms with Crippen LogP contribution >= 0.6 is 11.6 Å². The average molecular weight is 363 g/mol. The van der Waals surface area contributed by atoms with Gasteiger partial charge in [-0.2, -0.15) is 0 Å². The second kappa shape index (κ2) is 10.3. The van der Waals surface area contributed by atoms with Gasteiger partial charge in [-0.15, -0.1) is 0 Å². The van der Waals surface area contributed by atoms with Crippen LogP contribution in [0.2, 0.25) is 5.02 Å². The summed E-state index contributed by atoms with van der Waals surface area (Å²) in [4.78, 5) is 16.0. The first-order valence-corrected chi connectivity index (χ1v) is 9.44. The van der Waals surface area contributed by atoms with E-state index in [4.69, 9.17) is 16.3 Å². The molecule has 136 valence electrons. The van der Waals surface area contributed by atoms with Gasteiger partial charge >= 0.3 is 6.09 Å². The zero-order chi connectivity index (χ0) is 18.1. The van der Waals surface area contributed by atoms with Gasteiger partial charge in [0.05, 0.1) is 12.6 Å². The molecule has 0 aromatic heterocycles. The summed E-state index contributed by atoms with van der Waals surface area (Å²) in [5, 5.41) is 0.708. The van der Waals surface area contributed by atoms with Gasteiger partial charge in [-0.25, -0.2) is 4.79 Å². The van der Waals surface area contributed by atoms with Crippen LogP contribution in [0.15, 0.2) is 24.3 Å². The first-order valence-electron chi connectivity index (χ1n) is 9.07. The van der Waals surface area contributed by atoms with E-state index in [1.807, 2.05) is 31.2 Å². The van der Waals surface area contributed by atoms with Gasteiger partial charge in [0.1, 0.15) is 0 Å². The number of amides is 1. The third-order valence-corrected chi connectivity index (χ3v) is 4.55. The average Bonchev–Trinajstić information content (AvgIpc) is 2.62. The van der Waals surface area contributed by atoms with E-state index < -0.39 is 0 Å². The number of hydrogen-bond acceptors (Lipinski definition) is 3. The van der Waals surface area contributed by atoms with Gasteiger partial charge in [0.15, 0.2) is 0 Å². The van der Waals surface area contributed by atoms with Crippen molar-refractivity contribution < 1.29 is 9.53 Å². The van der Waals surface area contributed by atoms with Gasteiger partial charge in [-0.05, 0) is 31.5 Å². The summed E-state index contributed by atoms with van der Waals surface area (Å²) < 4.78 is 5.09. The quantitative estimate of drug-likeness (QED) is 0.741. The van der Waals surface area contributed by atoms with Crippen molar-refractivity contribution in [1.82, 2.24) is 9.80 Å². The molecule has 25 heavy (non-hydrogen) atoms. The van der Waals surface area contributed by atoms with Crippen LogP contribution in [0.4, 0.5) is 4.79 Å². The Kier molecular flexibility index (Phi) is 8.11. The third kappa shape index (κ3) is 6.26. The lowest BCUT2D eigenvalue weighted by molar-refractivity contribution is 0.0723. The van der Waals surface area contributed by atoms with E-state index in [9.17, 15) is 4.79 Å². The predicted molar refractivity (Wildman–Crippen MR) is 102 cm³/mol. The molecule has 2 rings (SSSR count). The SMILES string of the molecule is CCCCC(C#Cc1cccc(Cl)c1)N1CCN(C(=O)OCC)CC1. The zero-order valence-corrected chi connectivity index (χ0v) is 15.9. The Labute approximate surface area is 156 Å². The van der Waals surface area contributed by atoms with E-state index in [2.05, 4.69) is 23.7 Å². The van der Waals surface area contributed by atoms with Gasteiger partial charge in [0.25, 0.3) is 0 Å². The van der Waals surface area contributed by atoms with Gasteiger partial charge in [0.2, 0.25) is 0 Å². The van der Waals surface area contributed by atoms with E-state index in [1.54, 1.807) is 4.90 Å². The van der Waals surface area contributed by atoms with Gasteiger partial charge in [-0.1, -0.05) is 49.3 Å². The van der Waals surface area contributed by atoms with Crippen LogP contribution in [0.1, 0.15) is 38.7 Å². The first kappa shape index (κ1) is 19.6. The molecule has 0 bridgehead atoms. The summed E-state index contributed by atoms with van der Waals surface area (Å²) in [5.74, 6) is 6.68. The number of ether oxygens (including phenoxy) is 1.